The lowest BCUT2D eigenvalue weighted by molar-refractivity contribution is 0.671. The van der Waals surface area contributed by atoms with Gasteiger partial charge in [-0.05, 0) is 36.2 Å². The van der Waals surface area contributed by atoms with Crippen LogP contribution in [-0.2, 0) is 12.3 Å². The van der Waals surface area contributed by atoms with Gasteiger partial charge in [-0.1, -0.05) is 53.7 Å². The Morgan fingerprint density at radius 2 is 2.08 bits per heavy atom. The minimum absolute atomic E-state index is 0.0883. The zero-order valence-corrected chi connectivity index (χ0v) is 14.9. The molecule has 0 aliphatic carbocycles. The summed E-state index contributed by atoms with van der Waals surface area (Å²) in [5, 5.41) is 1.76. The predicted molar refractivity (Wildman–Crippen MR) is 102 cm³/mol. The molecule has 3 nitrogen and oxygen atoms in total. The number of benzene rings is 2. The SMILES string of the molecule is C=CCn1c(SCc2ccccc2C)nc2ccc(Cl)cc2c1=O. The molecule has 24 heavy (non-hydrogen) atoms. The Morgan fingerprint density at radius 3 is 2.83 bits per heavy atom. The van der Waals surface area contributed by atoms with Gasteiger partial charge >= 0.3 is 0 Å². The summed E-state index contributed by atoms with van der Waals surface area (Å²) in [6.45, 7) is 6.25. The normalized spacial score (nSPS) is 10.9. The number of fused-ring (bicyclic) bond motifs is 1. The Kier molecular flexibility index (Phi) is 5.07. The highest BCUT2D eigenvalue weighted by Crippen LogP contribution is 2.24. The van der Waals surface area contributed by atoms with E-state index in [0.29, 0.717) is 27.6 Å². The first-order valence-corrected chi connectivity index (χ1v) is 8.95. The number of aryl methyl sites for hydroxylation is 1. The second-order valence-corrected chi connectivity index (χ2v) is 6.85. The van der Waals surface area contributed by atoms with Gasteiger partial charge in [0.15, 0.2) is 5.16 Å². The molecule has 2 aromatic carbocycles. The summed E-state index contributed by atoms with van der Waals surface area (Å²) in [6.07, 6.45) is 1.71. The average Bonchev–Trinajstić information content (AvgIpc) is 2.58. The average molecular weight is 357 g/mol. The van der Waals surface area contributed by atoms with E-state index in [1.807, 2.05) is 12.1 Å². The van der Waals surface area contributed by atoms with Crippen molar-refractivity contribution in [3.63, 3.8) is 0 Å². The third-order valence-corrected chi connectivity index (χ3v) is 5.07. The Labute approximate surface area is 150 Å². The quantitative estimate of drug-likeness (QED) is 0.373. The van der Waals surface area contributed by atoms with Crippen LogP contribution in [0.3, 0.4) is 0 Å². The molecule has 0 bridgehead atoms. The molecule has 0 atom stereocenters. The van der Waals surface area contributed by atoms with E-state index >= 15 is 0 Å². The van der Waals surface area contributed by atoms with Crippen LogP contribution in [0.5, 0.6) is 0 Å². The molecule has 0 aliphatic heterocycles. The number of thioether (sulfide) groups is 1. The van der Waals surface area contributed by atoms with Gasteiger partial charge in [-0.3, -0.25) is 9.36 Å². The third kappa shape index (κ3) is 3.40. The molecule has 3 aromatic rings. The maximum Gasteiger partial charge on any atom is 0.262 e. The molecule has 0 N–H and O–H groups in total. The lowest BCUT2D eigenvalue weighted by Crippen LogP contribution is -2.22. The Morgan fingerprint density at radius 1 is 1.29 bits per heavy atom. The first-order chi connectivity index (χ1) is 11.6. The van der Waals surface area contributed by atoms with Crippen molar-refractivity contribution in [1.29, 1.82) is 0 Å². The molecule has 0 saturated heterocycles. The van der Waals surface area contributed by atoms with Crippen molar-refractivity contribution in [3.8, 4) is 0 Å². The predicted octanol–water partition coefficient (Wildman–Crippen LogP) is 4.84. The Bertz CT molecular complexity index is 965. The fraction of sp³-hybridized carbons (Fsp3) is 0.158. The number of allylic oxidation sites excluding steroid dienone is 1. The summed E-state index contributed by atoms with van der Waals surface area (Å²) in [6, 6.07) is 13.4. The first-order valence-electron chi connectivity index (χ1n) is 7.58. The van der Waals surface area contributed by atoms with Gasteiger partial charge in [-0.2, -0.15) is 0 Å². The number of aromatic nitrogens is 2. The summed E-state index contributed by atoms with van der Waals surface area (Å²) < 4.78 is 1.65. The van der Waals surface area contributed by atoms with Crippen LogP contribution in [0.2, 0.25) is 5.02 Å². The van der Waals surface area contributed by atoms with E-state index in [1.54, 1.807) is 40.6 Å². The zero-order chi connectivity index (χ0) is 17.1. The number of hydrogen-bond acceptors (Lipinski definition) is 3. The van der Waals surface area contributed by atoms with Gasteiger partial charge in [0.1, 0.15) is 0 Å². The molecule has 5 heteroatoms. The maximum atomic E-state index is 12.8. The fourth-order valence-corrected chi connectivity index (χ4v) is 3.74. The van der Waals surface area contributed by atoms with E-state index in [0.717, 1.165) is 5.75 Å². The summed E-state index contributed by atoms with van der Waals surface area (Å²) in [5.74, 6) is 0.759. The van der Waals surface area contributed by atoms with Crippen molar-refractivity contribution in [2.75, 3.05) is 0 Å². The summed E-state index contributed by atoms with van der Waals surface area (Å²) in [4.78, 5) is 17.4. The van der Waals surface area contributed by atoms with Crippen molar-refractivity contribution in [2.24, 2.45) is 0 Å². The molecule has 0 aliphatic rings. The van der Waals surface area contributed by atoms with Gasteiger partial charge in [-0.15, -0.1) is 6.58 Å². The third-order valence-electron chi connectivity index (χ3n) is 3.81. The monoisotopic (exact) mass is 356 g/mol. The highest BCUT2D eigenvalue weighted by molar-refractivity contribution is 7.98. The minimum atomic E-state index is -0.0883. The molecule has 122 valence electrons. The number of nitrogens with zero attached hydrogens (tertiary/aromatic N) is 2. The van der Waals surface area contributed by atoms with Crippen LogP contribution < -0.4 is 5.56 Å². The lowest BCUT2D eigenvalue weighted by Gasteiger charge is -2.12. The number of halogens is 1. The highest BCUT2D eigenvalue weighted by atomic mass is 35.5. The van der Waals surface area contributed by atoms with E-state index in [1.165, 1.54) is 11.1 Å². The van der Waals surface area contributed by atoms with Crippen LogP contribution in [0.4, 0.5) is 0 Å². The van der Waals surface area contributed by atoms with E-state index in [2.05, 4.69) is 30.6 Å². The van der Waals surface area contributed by atoms with E-state index in [-0.39, 0.29) is 5.56 Å². The van der Waals surface area contributed by atoms with Crippen LogP contribution in [-0.4, -0.2) is 9.55 Å². The first kappa shape index (κ1) is 16.8. The van der Waals surface area contributed by atoms with Crippen LogP contribution in [0, 0.1) is 6.92 Å². The van der Waals surface area contributed by atoms with Gasteiger partial charge in [0, 0.05) is 17.3 Å². The van der Waals surface area contributed by atoms with Gasteiger partial charge in [0.25, 0.3) is 5.56 Å². The van der Waals surface area contributed by atoms with Gasteiger partial charge in [0.05, 0.1) is 10.9 Å². The lowest BCUT2D eigenvalue weighted by atomic mass is 10.1. The molecule has 0 saturated carbocycles. The zero-order valence-electron chi connectivity index (χ0n) is 13.3. The van der Waals surface area contributed by atoms with Crippen molar-refractivity contribution in [2.45, 2.75) is 24.4 Å². The van der Waals surface area contributed by atoms with Crippen LogP contribution in [0.25, 0.3) is 10.9 Å². The smallest absolute Gasteiger partial charge is 0.262 e. The molecule has 0 radical (unpaired) electrons. The molecular formula is C19H17ClN2OS. The van der Waals surface area contributed by atoms with E-state index < -0.39 is 0 Å². The van der Waals surface area contributed by atoms with Crippen molar-refractivity contribution < 1.29 is 0 Å². The summed E-state index contributed by atoms with van der Waals surface area (Å²) in [5.41, 5.74) is 3.04. The van der Waals surface area contributed by atoms with Crippen molar-refractivity contribution >= 4 is 34.3 Å². The molecule has 0 unspecified atom stereocenters. The summed E-state index contributed by atoms with van der Waals surface area (Å²) >= 11 is 7.58. The highest BCUT2D eigenvalue weighted by Gasteiger charge is 2.12. The van der Waals surface area contributed by atoms with Gasteiger partial charge in [0.2, 0.25) is 0 Å². The van der Waals surface area contributed by atoms with Crippen molar-refractivity contribution in [3.05, 3.63) is 81.6 Å². The van der Waals surface area contributed by atoms with Gasteiger partial charge in [-0.25, -0.2) is 4.98 Å². The molecule has 0 spiro atoms. The molecule has 1 aromatic heterocycles. The van der Waals surface area contributed by atoms with Crippen LogP contribution in [0.15, 0.2) is 65.1 Å². The van der Waals surface area contributed by atoms with Gasteiger partial charge < -0.3 is 0 Å². The van der Waals surface area contributed by atoms with Crippen LogP contribution >= 0.6 is 23.4 Å². The number of rotatable bonds is 5. The van der Waals surface area contributed by atoms with Crippen LogP contribution in [0.1, 0.15) is 11.1 Å². The maximum absolute atomic E-state index is 12.8. The minimum Gasteiger partial charge on any atom is -0.283 e. The topological polar surface area (TPSA) is 34.9 Å². The van der Waals surface area contributed by atoms with Crippen molar-refractivity contribution in [1.82, 2.24) is 9.55 Å². The largest absolute Gasteiger partial charge is 0.283 e. The fourth-order valence-electron chi connectivity index (χ4n) is 2.49. The molecule has 0 fully saturated rings. The Balaban J connectivity index is 2.04. The molecule has 1 heterocycles. The van der Waals surface area contributed by atoms with E-state index in [4.69, 9.17) is 11.6 Å². The standard InChI is InChI=1S/C19H17ClN2OS/c1-3-10-22-18(23)16-11-15(20)8-9-17(16)21-19(22)24-12-14-7-5-4-6-13(14)2/h3-9,11H,1,10,12H2,2H3. The summed E-state index contributed by atoms with van der Waals surface area (Å²) in [7, 11) is 0. The molecular weight excluding hydrogens is 340 g/mol. The molecule has 3 rings (SSSR count). The second kappa shape index (κ2) is 7.24. The van der Waals surface area contributed by atoms with E-state index in [9.17, 15) is 4.79 Å². The second-order valence-electron chi connectivity index (χ2n) is 5.48. The molecule has 0 amide bonds. The number of hydrogen-bond donors (Lipinski definition) is 0. The Hall–Kier alpha value is -2.04.